The van der Waals surface area contributed by atoms with Gasteiger partial charge in [0, 0.05) is 25.5 Å². The number of benzene rings is 1. The van der Waals surface area contributed by atoms with E-state index in [9.17, 15) is 0 Å². The van der Waals surface area contributed by atoms with Gasteiger partial charge in [0.2, 0.25) is 5.95 Å². The van der Waals surface area contributed by atoms with E-state index in [1.807, 2.05) is 19.2 Å². The van der Waals surface area contributed by atoms with Crippen molar-refractivity contribution in [2.45, 2.75) is 33.2 Å². The monoisotopic (exact) mass is 273 g/mol. The zero-order chi connectivity index (χ0) is 14.5. The van der Waals surface area contributed by atoms with E-state index >= 15 is 0 Å². The van der Waals surface area contributed by atoms with Gasteiger partial charge in [-0.3, -0.25) is 0 Å². The highest BCUT2D eigenvalue weighted by molar-refractivity contribution is 5.59. The Balaban J connectivity index is 2.26. The van der Waals surface area contributed by atoms with Crippen molar-refractivity contribution >= 4 is 11.6 Å². The molecule has 0 fully saturated rings. The molecule has 0 saturated heterocycles. The number of nitrogens with zero attached hydrogens (tertiary/aromatic N) is 2. The largest absolute Gasteiger partial charge is 0.383 e. The van der Waals surface area contributed by atoms with Crippen LogP contribution in [-0.4, -0.2) is 23.3 Å². The molecule has 0 aliphatic carbocycles. The van der Waals surface area contributed by atoms with Gasteiger partial charge >= 0.3 is 0 Å². The maximum Gasteiger partial charge on any atom is 0.207 e. The predicted octanol–water partition coefficient (Wildman–Crippen LogP) is 3.70. The van der Waals surface area contributed by atoms with Crippen molar-refractivity contribution in [2.75, 3.05) is 19.0 Å². The van der Waals surface area contributed by atoms with E-state index in [0.29, 0.717) is 12.5 Å². The van der Waals surface area contributed by atoms with E-state index in [1.165, 1.54) is 5.56 Å². The van der Waals surface area contributed by atoms with Gasteiger partial charge in [-0.15, -0.1) is 0 Å². The van der Waals surface area contributed by atoms with Crippen molar-refractivity contribution in [3.8, 4) is 0 Å². The molecule has 0 unspecified atom stereocenters. The molecule has 1 N–H and O–H groups in total. The number of nitrogens with one attached hydrogen (secondary N) is 1. The number of anilines is 2. The number of ether oxygens (including phenoxy) is 1. The van der Waals surface area contributed by atoms with E-state index in [4.69, 9.17) is 4.74 Å². The zero-order valence-corrected chi connectivity index (χ0v) is 12.7. The summed E-state index contributed by atoms with van der Waals surface area (Å²) in [5, 5.41) is 3.45. The Morgan fingerprint density at radius 2 is 2.05 bits per heavy atom. The lowest BCUT2D eigenvalue weighted by Gasteiger charge is -2.15. The fourth-order valence-electron chi connectivity index (χ4n) is 2.24. The topological polar surface area (TPSA) is 39.1 Å². The third-order valence-corrected chi connectivity index (χ3v) is 3.26. The molecule has 1 aromatic carbocycles. The second-order valence-electron chi connectivity index (χ2n) is 5.26. The molecule has 4 nitrogen and oxygen atoms in total. The van der Waals surface area contributed by atoms with Crippen molar-refractivity contribution in [1.82, 2.24) is 9.55 Å². The second-order valence-corrected chi connectivity index (χ2v) is 5.26. The molecule has 2 rings (SSSR count). The molecule has 0 bridgehead atoms. The normalized spacial score (nSPS) is 11.1. The molecule has 0 spiro atoms. The van der Waals surface area contributed by atoms with Gasteiger partial charge in [-0.25, -0.2) is 4.98 Å². The van der Waals surface area contributed by atoms with Gasteiger partial charge in [-0.05, 0) is 24.5 Å². The minimum Gasteiger partial charge on any atom is -0.383 e. The molecular weight excluding hydrogens is 250 g/mol. The average molecular weight is 273 g/mol. The second kappa shape index (κ2) is 6.57. The van der Waals surface area contributed by atoms with E-state index in [1.54, 1.807) is 7.11 Å². The molecule has 0 atom stereocenters. The van der Waals surface area contributed by atoms with Crippen LogP contribution < -0.4 is 5.32 Å². The van der Waals surface area contributed by atoms with Crippen LogP contribution in [0.3, 0.4) is 0 Å². The van der Waals surface area contributed by atoms with Crippen molar-refractivity contribution in [3.05, 3.63) is 41.7 Å². The lowest BCUT2D eigenvalue weighted by molar-refractivity contribution is 0.188. The summed E-state index contributed by atoms with van der Waals surface area (Å²) in [7, 11) is 1.71. The maximum atomic E-state index is 5.15. The Hall–Kier alpha value is -1.81. The smallest absolute Gasteiger partial charge is 0.207 e. The van der Waals surface area contributed by atoms with Gasteiger partial charge in [0.1, 0.15) is 0 Å². The van der Waals surface area contributed by atoms with Crippen LogP contribution in [-0.2, 0) is 11.3 Å². The van der Waals surface area contributed by atoms with Crippen LogP contribution in [0.2, 0.25) is 0 Å². The molecule has 20 heavy (non-hydrogen) atoms. The molecule has 1 heterocycles. The summed E-state index contributed by atoms with van der Waals surface area (Å²) in [5.74, 6) is 1.34. The average Bonchev–Trinajstić information content (AvgIpc) is 2.77. The summed E-state index contributed by atoms with van der Waals surface area (Å²) in [5.41, 5.74) is 3.42. The lowest BCUT2D eigenvalue weighted by atomic mass is 10.0. The first-order valence-electron chi connectivity index (χ1n) is 7.00. The Bertz CT molecular complexity index is 561. The highest BCUT2D eigenvalue weighted by atomic mass is 16.5. The Labute approximate surface area is 120 Å². The molecule has 0 saturated carbocycles. The highest BCUT2D eigenvalue weighted by Crippen LogP contribution is 2.26. The summed E-state index contributed by atoms with van der Waals surface area (Å²) in [4.78, 5) is 4.56. The molecule has 1 aromatic heterocycles. The van der Waals surface area contributed by atoms with Gasteiger partial charge in [-0.1, -0.05) is 32.0 Å². The number of para-hydroxylation sites is 1. The first-order valence-corrected chi connectivity index (χ1v) is 7.00. The maximum absolute atomic E-state index is 5.15. The summed E-state index contributed by atoms with van der Waals surface area (Å²) in [6, 6.07) is 8.37. The van der Waals surface area contributed by atoms with Gasteiger partial charge in [0.05, 0.1) is 12.3 Å². The molecule has 0 radical (unpaired) electrons. The standard InChI is InChI=1S/C16H23N3O/c1-12(2)14-7-5-6-8-15(14)18-16-17-13(3)11-19(16)9-10-20-4/h5-8,11-12H,9-10H2,1-4H3,(H,17,18). The summed E-state index contributed by atoms with van der Waals surface area (Å²) in [6.07, 6.45) is 2.04. The van der Waals surface area contributed by atoms with Crippen LogP contribution in [0.4, 0.5) is 11.6 Å². The Kier molecular flexibility index (Phi) is 4.79. The van der Waals surface area contributed by atoms with Crippen LogP contribution in [0.5, 0.6) is 0 Å². The third-order valence-electron chi connectivity index (χ3n) is 3.26. The number of hydrogen-bond donors (Lipinski definition) is 1. The van der Waals surface area contributed by atoms with Crippen molar-refractivity contribution in [2.24, 2.45) is 0 Å². The molecule has 0 amide bonds. The quantitative estimate of drug-likeness (QED) is 0.872. The first kappa shape index (κ1) is 14.6. The molecule has 0 aliphatic rings. The number of aryl methyl sites for hydroxylation is 1. The molecule has 2 aromatic rings. The Morgan fingerprint density at radius 3 is 2.75 bits per heavy atom. The number of hydrogen-bond acceptors (Lipinski definition) is 3. The zero-order valence-electron chi connectivity index (χ0n) is 12.7. The minimum absolute atomic E-state index is 0.474. The summed E-state index contributed by atoms with van der Waals surface area (Å²) >= 11 is 0. The SMILES string of the molecule is COCCn1cc(C)nc1Nc1ccccc1C(C)C. The van der Waals surface area contributed by atoms with Crippen LogP contribution in [0, 0.1) is 6.92 Å². The van der Waals surface area contributed by atoms with Crippen LogP contribution in [0.1, 0.15) is 31.0 Å². The van der Waals surface area contributed by atoms with E-state index in [-0.39, 0.29) is 0 Å². The molecular formula is C16H23N3O. The van der Waals surface area contributed by atoms with E-state index < -0.39 is 0 Å². The summed E-state index contributed by atoms with van der Waals surface area (Å²) < 4.78 is 7.24. The van der Waals surface area contributed by atoms with Gasteiger partial charge in [-0.2, -0.15) is 0 Å². The first-order chi connectivity index (χ1) is 9.61. The Morgan fingerprint density at radius 1 is 1.30 bits per heavy atom. The fraction of sp³-hybridized carbons (Fsp3) is 0.438. The van der Waals surface area contributed by atoms with Crippen LogP contribution in [0.25, 0.3) is 0 Å². The van der Waals surface area contributed by atoms with Gasteiger partial charge in [0.25, 0.3) is 0 Å². The number of imidazole rings is 1. The van der Waals surface area contributed by atoms with Crippen molar-refractivity contribution in [1.29, 1.82) is 0 Å². The number of rotatable bonds is 6. The molecule has 0 aliphatic heterocycles. The number of aromatic nitrogens is 2. The van der Waals surface area contributed by atoms with E-state index in [2.05, 4.69) is 46.9 Å². The van der Waals surface area contributed by atoms with Crippen LogP contribution in [0.15, 0.2) is 30.5 Å². The predicted molar refractivity (Wildman–Crippen MR) is 82.7 cm³/mol. The van der Waals surface area contributed by atoms with Crippen molar-refractivity contribution in [3.63, 3.8) is 0 Å². The van der Waals surface area contributed by atoms with E-state index in [0.717, 1.165) is 23.9 Å². The molecule has 108 valence electrons. The highest BCUT2D eigenvalue weighted by Gasteiger charge is 2.10. The van der Waals surface area contributed by atoms with Crippen LogP contribution >= 0.6 is 0 Å². The number of methoxy groups -OCH3 is 1. The lowest BCUT2D eigenvalue weighted by Crippen LogP contribution is -2.08. The van der Waals surface area contributed by atoms with Gasteiger partial charge < -0.3 is 14.6 Å². The molecule has 4 heteroatoms. The minimum atomic E-state index is 0.474. The third kappa shape index (κ3) is 3.39. The van der Waals surface area contributed by atoms with Gasteiger partial charge in [0.15, 0.2) is 0 Å². The fourth-order valence-corrected chi connectivity index (χ4v) is 2.24. The van der Waals surface area contributed by atoms with Crippen molar-refractivity contribution < 1.29 is 4.74 Å². The summed E-state index contributed by atoms with van der Waals surface area (Å²) in [6.45, 7) is 7.87.